The second kappa shape index (κ2) is 5.64. The highest BCUT2D eigenvalue weighted by Crippen LogP contribution is 2.26. The summed E-state index contributed by atoms with van der Waals surface area (Å²) in [7, 11) is -3.55. The average molecular weight is 287 g/mol. The van der Waals surface area contributed by atoms with Crippen molar-refractivity contribution in [1.29, 1.82) is 0 Å². The van der Waals surface area contributed by atoms with Gasteiger partial charge in [0.05, 0.1) is 0 Å². The summed E-state index contributed by atoms with van der Waals surface area (Å²) in [5.41, 5.74) is 0. The molecule has 1 aromatic rings. The highest BCUT2D eigenvalue weighted by atomic mass is 32.2. The van der Waals surface area contributed by atoms with Crippen LogP contribution in [0.2, 0.25) is 0 Å². The largest absolute Gasteiger partial charge is 0.462 e. The Morgan fingerprint density at radius 1 is 1.37 bits per heavy atom. The first kappa shape index (κ1) is 14.6. The first-order valence-electron chi connectivity index (χ1n) is 6.65. The Morgan fingerprint density at radius 2 is 2.00 bits per heavy atom. The van der Waals surface area contributed by atoms with Crippen LogP contribution < -0.4 is 4.72 Å². The van der Waals surface area contributed by atoms with Crippen LogP contribution in [0.3, 0.4) is 0 Å². The maximum atomic E-state index is 12.3. The van der Waals surface area contributed by atoms with Gasteiger partial charge >= 0.3 is 0 Å². The van der Waals surface area contributed by atoms with Crippen molar-refractivity contribution >= 4 is 10.0 Å². The Kier molecular flexibility index (Phi) is 4.32. The topological polar surface area (TPSA) is 79.5 Å². The minimum absolute atomic E-state index is 0.00748. The van der Waals surface area contributed by atoms with Crippen LogP contribution in [0.5, 0.6) is 0 Å². The van der Waals surface area contributed by atoms with Gasteiger partial charge in [0.2, 0.25) is 10.0 Å². The lowest BCUT2D eigenvalue weighted by molar-refractivity contribution is 0.244. The van der Waals surface area contributed by atoms with Gasteiger partial charge in [-0.15, -0.1) is 0 Å². The lowest BCUT2D eigenvalue weighted by atomic mass is 9.88. The molecule has 0 amide bonds. The molecule has 108 valence electrons. The van der Waals surface area contributed by atoms with Gasteiger partial charge in [-0.05, 0) is 38.5 Å². The molecule has 0 unspecified atom stereocenters. The van der Waals surface area contributed by atoms with Gasteiger partial charge in [-0.25, -0.2) is 13.1 Å². The van der Waals surface area contributed by atoms with E-state index in [0.29, 0.717) is 11.7 Å². The van der Waals surface area contributed by atoms with Crippen molar-refractivity contribution < 1.29 is 17.9 Å². The van der Waals surface area contributed by atoms with Crippen molar-refractivity contribution in [2.75, 3.05) is 0 Å². The summed E-state index contributed by atoms with van der Waals surface area (Å²) < 4.78 is 32.5. The molecule has 1 aliphatic rings. The molecule has 1 fully saturated rings. The Morgan fingerprint density at radius 3 is 2.53 bits per heavy atom. The van der Waals surface area contributed by atoms with E-state index in [0.717, 1.165) is 25.7 Å². The minimum atomic E-state index is -3.55. The van der Waals surface area contributed by atoms with E-state index in [-0.39, 0.29) is 23.3 Å². The molecular formula is C13H21NO4S. The molecule has 19 heavy (non-hydrogen) atoms. The van der Waals surface area contributed by atoms with Gasteiger partial charge in [0.15, 0.2) is 0 Å². The average Bonchev–Trinajstić information content (AvgIpc) is 2.74. The number of aryl methyl sites for hydroxylation is 1. The Hall–Kier alpha value is -0.850. The van der Waals surface area contributed by atoms with Crippen molar-refractivity contribution in [3.8, 4) is 0 Å². The third-order valence-corrected chi connectivity index (χ3v) is 5.33. The number of aliphatic hydroxyl groups excluding tert-OH is 1. The minimum Gasteiger partial charge on any atom is -0.462 e. The summed E-state index contributed by atoms with van der Waals surface area (Å²) >= 11 is 0. The van der Waals surface area contributed by atoms with E-state index in [2.05, 4.69) is 11.6 Å². The van der Waals surface area contributed by atoms with E-state index in [4.69, 9.17) is 9.52 Å². The summed E-state index contributed by atoms with van der Waals surface area (Å²) in [6.07, 6.45) is 3.87. The molecule has 0 radical (unpaired) electrons. The summed E-state index contributed by atoms with van der Waals surface area (Å²) in [6, 6.07) is 1.40. The maximum absolute atomic E-state index is 12.3. The number of nitrogens with one attached hydrogen (secondary N) is 1. The van der Waals surface area contributed by atoms with E-state index in [1.54, 1.807) is 6.92 Å². The predicted octanol–water partition coefficient (Wildman–Crippen LogP) is 1.94. The Labute approximate surface area is 114 Å². The third kappa shape index (κ3) is 3.38. The molecule has 0 saturated heterocycles. The number of rotatable bonds is 4. The molecule has 0 aromatic carbocycles. The molecule has 1 heterocycles. The van der Waals surface area contributed by atoms with Crippen LogP contribution in [0.4, 0.5) is 0 Å². The highest BCUT2D eigenvalue weighted by Gasteiger charge is 2.27. The first-order chi connectivity index (χ1) is 8.92. The number of furan rings is 1. The van der Waals surface area contributed by atoms with Crippen molar-refractivity contribution in [1.82, 2.24) is 4.72 Å². The number of hydrogen-bond acceptors (Lipinski definition) is 4. The van der Waals surface area contributed by atoms with Crippen LogP contribution in [0.15, 0.2) is 15.4 Å². The highest BCUT2D eigenvalue weighted by molar-refractivity contribution is 7.89. The third-order valence-electron chi connectivity index (χ3n) is 3.71. The smallest absolute Gasteiger partial charge is 0.244 e. The molecule has 0 bridgehead atoms. The van der Waals surface area contributed by atoms with E-state index >= 15 is 0 Å². The van der Waals surface area contributed by atoms with Crippen LogP contribution in [0.25, 0.3) is 0 Å². The zero-order valence-electron chi connectivity index (χ0n) is 11.3. The van der Waals surface area contributed by atoms with Gasteiger partial charge in [0, 0.05) is 12.1 Å². The van der Waals surface area contributed by atoms with Gasteiger partial charge in [0.25, 0.3) is 0 Å². The summed E-state index contributed by atoms with van der Waals surface area (Å²) in [5, 5.41) is 8.98. The van der Waals surface area contributed by atoms with Gasteiger partial charge < -0.3 is 9.52 Å². The van der Waals surface area contributed by atoms with Crippen LogP contribution >= 0.6 is 0 Å². The van der Waals surface area contributed by atoms with Gasteiger partial charge in [-0.3, -0.25) is 0 Å². The lowest BCUT2D eigenvalue weighted by Gasteiger charge is -2.26. The predicted molar refractivity (Wildman–Crippen MR) is 71.1 cm³/mol. The molecule has 5 nitrogen and oxygen atoms in total. The Bertz CT molecular complexity index is 527. The quantitative estimate of drug-likeness (QED) is 0.887. The van der Waals surface area contributed by atoms with Gasteiger partial charge in [-0.1, -0.05) is 6.92 Å². The second-order valence-electron chi connectivity index (χ2n) is 5.37. The normalized spacial score (nSPS) is 24.6. The second-order valence-corrected chi connectivity index (χ2v) is 7.05. The van der Waals surface area contributed by atoms with Crippen LogP contribution in [0.1, 0.15) is 44.1 Å². The van der Waals surface area contributed by atoms with E-state index in [1.165, 1.54) is 6.07 Å². The maximum Gasteiger partial charge on any atom is 0.244 e. The van der Waals surface area contributed by atoms with Crippen LogP contribution in [0, 0.1) is 12.8 Å². The SMILES string of the molecule is Cc1oc(CO)cc1S(=O)(=O)NC1CCC(C)CC1. The Balaban J connectivity index is 2.11. The van der Waals surface area contributed by atoms with Crippen molar-refractivity contribution in [2.24, 2.45) is 5.92 Å². The molecule has 0 spiro atoms. The fourth-order valence-corrected chi connectivity index (χ4v) is 4.04. The molecule has 0 aliphatic heterocycles. The van der Waals surface area contributed by atoms with Crippen LogP contribution in [-0.4, -0.2) is 19.6 Å². The van der Waals surface area contributed by atoms with E-state index < -0.39 is 10.0 Å². The first-order valence-corrected chi connectivity index (χ1v) is 8.13. The molecule has 6 heteroatoms. The standard InChI is InChI=1S/C13H21NO4S/c1-9-3-5-11(6-4-9)14-19(16,17)13-7-12(8-15)18-10(13)2/h7,9,11,14-15H,3-6,8H2,1-2H3. The molecular weight excluding hydrogens is 266 g/mol. The number of aliphatic hydroxyl groups is 1. The summed E-state index contributed by atoms with van der Waals surface area (Å²) in [5.74, 6) is 1.27. The summed E-state index contributed by atoms with van der Waals surface area (Å²) in [4.78, 5) is 0.134. The molecule has 1 aliphatic carbocycles. The van der Waals surface area contributed by atoms with Crippen molar-refractivity contribution in [3.63, 3.8) is 0 Å². The van der Waals surface area contributed by atoms with Crippen LogP contribution in [-0.2, 0) is 16.6 Å². The number of hydrogen-bond donors (Lipinski definition) is 2. The van der Waals surface area contributed by atoms with Crippen molar-refractivity contribution in [2.45, 2.75) is 57.1 Å². The molecule has 1 saturated carbocycles. The zero-order valence-corrected chi connectivity index (χ0v) is 12.2. The molecule has 2 rings (SSSR count). The fraction of sp³-hybridized carbons (Fsp3) is 0.692. The monoisotopic (exact) mass is 287 g/mol. The van der Waals surface area contributed by atoms with E-state index in [9.17, 15) is 8.42 Å². The van der Waals surface area contributed by atoms with Gasteiger partial charge in [-0.2, -0.15) is 0 Å². The number of sulfonamides is 1. The molecule has 0 atom stereocenters. The zero-order chi connectivity index (χ0) is 14.0. The van der Waals surface area contributed by atoms with E-state index in [1.807, 2.05) is 0 Å². The van der Waals surface area contributed by atoms with Gasteiger partial charge in [0.1, 0.15) is 23.0 Å². The molecule has 1 aromatic heterocycles. The van der Waals surface area contributed by atoms with Crippen molar-refractivity contribution in [3.05, 3.63) is 17.6 Å². The fourth-order valence-electron chi connectivity index (χ4n) is 2.53. The summed E-state index contributed by atoms with van der Waals surface area (Å²) in [6.45, 7) is 3.49. The molecule has 2 N–H and O–H groups in total. The lowest BCUT2D eigenvalue weighted by Crippen LogP contribution is -2.37.